The van der Waals surface area contributed by atoms with Crippen molar-refractivity contribution in [2.24, 2.45) is 0 Å². The number of carbonyl (C=O) groups excluding carboxylic acids is 1. The van der Waals surface area contributed by atoms with Gasteiger partial charge in [-0.05, 0) is 36.4 Å². The zero-order valence-corrected chi connectivity index (χ0v) is 19.3. The summed E-state index contributed by atoms with van der Waals surface area (Å²) < 4.78 is 15.0. The summed E-state index contributed by atoms with van der Waals surface area (Å²) in [4.78, 5) is 28.8. The summed E-state index contributed by atoms with van der Waals surface area (Å²) in [5.74, 6) is 1.68. The molecule has 0 aliphatic heterocycles. The molecule has 0 atom stereocenters. The standard InChI is InChI=1S/C26H14Cl2FN5O/c1-2-14-12-30-8-7-16(14)17-10-19(27)18(11-21(17)29)26(35)32-15-9-20(28)24(31-13-15)25-33-22-5-3-4-6-23(22)34-25/h1,3-13H,(H,32,35)(H,33,34). The van der Waals surface area contributed by atoms with E-state index in [2.05, 4.69) is 31.2 Å². The fourth-order valence-corrected chi connectivity index (χ4v) is 4.12. The van der Waals surface area contributed by atoms with Crippen LogP contribution in [0.2, 0.25) is 10.0 Å². The Labute approximate surface area is 209 Å². The lowest BCUT2D eigenvalue weighted by atomic mass is 10.00. The minimum absolute atomic E-state index is 0.0524. The summed E-state index contributed by atoms with van der Waals surface area (Å²) in [5, 5.41) is 2.97. The van der Waals surface area contributed by atoms with Gasteiger partial charge in [0.05, 0.1) is 44.1 Å². The number of halogens is 3. The van der Waals surface area contributed by atoms with Crippen LogP contribution in [-0.2, 0) is 0 Å². The molecule has 0 bridgehead atoms. The van der Waals surface area contributed by atoms with E-state index in [1.165, 1.54) is 30.7 Å². The van der Waals surface area contributed by atoms with E-state index >= 15 is 0 Å². The number of para-hydroxylation sites is 2. The second kappa shape index (κ2) is 9.18. The average molecular weight is 502 g/mol. The summed E-state index contributed by atoms with van der Waals surface area (Å²) >= 11 is 12.7. The van der Waals surface area contributed by atoms with Crippen molar-refractivity contribution in [1.29, 1.82) is 0 Å². The van der Waals surface area contributed by atoms with Gasteiger partial charge in [-0.1, -0.05) is 41.3 Å². The maximum absolute atomic E-state index is 15.0. The van der Waals surface area contributed by atoms with Crippen LogP contribution in [0.3, 0.4) is 0 Å². The lowest BCUT2D eigenvalue weighted by Crippen LogP contribution is -2.13. The number of fused-ring (bicyclic) bond motifs is 1. The minimum atomic E-state index is -0.654. The lowest BCUT2D eigenvalue weighted by Gasteiger charge is -2.11. The Morgan fingerprint density at radius 2 is 1.89 bits per heavy atom. The van der Waals surface area contributed by atoms with E-state index in [0.29, 0.717) is 28.3 Å². The van der Waals surface area contributed by atoms with Crippen LogP contribution in [0.1, 0.15) is 15.9 Å². The van der Waals surface area contributed by atoms with Crippen LogP contribution >= 0.6 is 23.2 Å². The molecule has 0 saturated carbocycles. The number of benzene rings is 2. The Morgan fingerprint density at radius 3 is 2.66 bits per heavy atom. The summed E-state index contributed by atoms with van der Waals surface area (Å²) in [6.07, 6.45) is 9.87. The highest BCUT2D eigenvalue weighted by Crippen LogP contribution is 2.32. The molecule has 0 aliphatic carbocycles. The van der Waals surface area contributed by atoms with Gasteiger partial charge in [0.1, 0.15) is 11.5 Å². The Kier molecular flexibility index (Phi) is 5.91. The highest BCUT2D eigenvalue weighted by molar-refractivity contribution is 6.35. The predicted molar refractivity (Wildman–Crippen MR) is 135 cm³/mol. The number of anilines is 1. The van der Waals surface area contributed by atoms with E-state index in [1.54, 1.807) is 6.07 Å². The zero-order chi connectivity index (χ0) is 24.5. The number of amides is 1. The minimum Gasteiger partial charge on any atom is -0.337 e. The van der Waals surface area contributed by atoms with Crippen LogP contribution in [0.15, 0.2) is 67.1 Å². The van der Waals surface area contributed by atoms with Crippen molar-refractivity contribution in [3.63, 3.8) is 0 Å². The molecule has 5 aromatic rings. The molecule has 5 rings (SSSR count). The molecular weight excluding hydrogens is 488 g/mol. The number of rotatable bonds is 4. The monoisotopic (exact) mass is 501 g/mol. The largest absolute Gasteiger partial charge is 0.337 e. The van der Waals surface area contributed by atoms with E-state index < -0.39 is 11.7 Å². The average Bonchev–Trinajstić information content (AvgIpc) is 3.29. The SMILES string of the molecule is C#Cc1cnccc1-c1cc(Cl)c(C(=O)Nc2cnc(-c3nc4ccccc4[nH]3)c(Cl)c2)cc1F. The maximum Gasteiger partial charge on any atom is 0.257 e. The van der Waals surface area contributed by atoms with Gasteiger partial charge >= 0.3 is 0 Å². The van der Waals surface area contributed by atoms with Gasteiger partial charge < -0.3 is 10.3 Å². The molecule has 3 aromatic heterocycles. The number of nitrogens with zero attached hydrogens (tertiary/aromatic N) is 3. The molecule has 35 heavy (non-hydrogen) atoms. The van der Waals surface area contributed by atoms with Crippen molar-refractivity contribution in [2.75, 3.05) is 5.32 Å². The second-order valence-electron chi connectivity index (χ2n) is 7.49. The highest BCUT2D eigenvalue weighted by Gasteiger charge is 2.19. The number of hydrogen-bond donors (Lipinski definition) is 2. The summed E-state index contributed by atoms with van der Waals surface area (Å²) in [6, 6.07) is 13.1. The van der Waals surface area contributed by atoms with Crippen LogP contribution in [0.5, 0.6) is 0 Å². The van der Waals surface area contributed by atoms with E-state index in [9.17, 15) is 9.18 Å². The maximum atomic E-state index is 15.0. The predicted octanol–water partition coefficient (Wildman–Crippen LogP) is 6.37. The smallest absolute Gasteiger partial charge is 0.257 e. The quantitative estimate of drug-likeness (QED) is 0.280. The third-order valence-corrected chi connectivity index (χ3v) is 5.88. The molecular formula is C26H14Cl2FN5O. The van der Waals surface area contributed by atoms with Gasteiger partial charge in [-0.2, -0.15) is 0 Å². The number of pyridine rings is 2. The van der Waals surface area contributed by atoms with Gasteiger partial charge in [0.2, 0.25) is 0 Å². The van der Waals surface area contributed by atoms with Crippen LogP contribution < -0.4 is 5.32 Å². The molecule has 0 spiro atoms. The fourth-order valence-electron chi connectivity index (χ4n) is 3.62. The molecule has 0 fully saturated rings. The van der Waals surface area contributed by atoms with Crippen molar-refractivity contribution < 1.29 is 9.18 Å². The van der Waals surface area contributed by atoms with Crippen LogP contribution in [0, 0.1) is 18.2 Å². The van der Waals surface area contributed by atoms with Gasteiger partial charge in [-0.25, -0.2) is 14.4 Å². The molecule has 2 N–H and O–H groups in total. The van der Waals surface area contributed by atoms with Crippen LogP contribution in [0.25, 0.3) is 33.7 Å². The first-order valence-electron chi connectivity index (χ1n) is 10.3. The first-order valence-corrected chi connectivity index (χ1v) is 11.0. The fraction of sp³-hybridized carbons (Fsp3) is 0. The molecule has 3 heterocycles. The Balaban J connectivity index is 1.41. The normalized spacial score (nSPS) is 10.8. The zero-order valence-electron chi connectivity index (χ0n) is 17.8. The molecule has 170 valence electrons. The van der Waals surface area contributed by atoms with E-state index in [4.69, 9.17) is 29.6 Å². The number of hydrogen-bond acceptors (Lipinski definition) is 4. The molecule has 2 aromatic carbocycles. The summed E-state index contributed by atoms with van der Waals surface area (Å²) in [5.41, 5.74) is 3.33. The van der Waals surface area contributed by atoms with Crippen molar-refractivity contribution in [2.45, 2.75) is 0 Å². The number of aromatic nitrogens is 4. The number of terminal acetylenes is 1. The number of nitrogens with one attached hydrogen (secondary N) is 2. The first-order chi connectivity index (χ1) is 16.9. The van der Waals surface area contributed by atoms with Gasteiger partial charge in [-0.15, -0.1) is 6.42 Å². The molecule has 6 nitrogen and oxygen atoms in total. The van der Waals surface area contributed by atoms with Crippen molar-refractivity contribution in [3.05, 3.63) is 94.1 Å². The number of imidazole rings is 1. The topological polar surface area (TPSA) is 83.6 Å². The number of aromatic amines is 1. The summed E-state index contributed by atoms with van der Waals surface area (Å²) in [6.45, 7) is 0. The molecule has 1 amide bonds. The van der Waals surface area contributed by atoms with Crippen LogP contribution in [0.4, 0.5) is 10.1 Å². The van der Waals surface area contributed by atoms with Gasteiger partial charge in [0.15, 0.2) is 5.82 Å². The van der Waals surface area contributed by atoms with Gasteiger partial charge in [0.25, 0.3) is 5.91 Å². The second-order valence-corrected chi connectivity index (χ2v) is 8.30. The van der Waals surface area contributed by atoms with Gasteiger partial charge in [0, 0.05) is 23.5 Å². The molecule has 0 radical (unpaired) electrons. The number of H-pyrrole nitrogens is 1. The van der Waals surface area contributed by atoms with E-state index in [0.717, 1.165) is 17.1 Å². The Bertz CT molecular complexity index is 1620. The molecule has 0 unspecified atom stereocenters. The third-order valence-electron chi connectivity index (χ3n) is 5.28. The van der Waals surface area contributed by atoms with E-state index in [-0.39, 0.29) is 21.2 Å². The highest BCUT2D eigenvalue weighted by atomic mass is 35.5. The van der Waals surface area contributed by atoms with Crippen LogP contribution in [-0.4, -0.2) is 25.8 Å². The molecule has 0 aliphatic rings. The molecule has 9 heteroatoms. The van der Waals surface area contributed by atoms with Crippen molar-refractivity contribution in [3.8, 4) is 35.0 Å². The lowest BCUT2D eigenvalue weighted by molar-refractivity contribution is 0.102. The van der Waals surface area contributed by atoms with Gasteiger partial charge in [-0.3, -0.25) is 9.78 Å². The first kappa shape index (κ1) is 22.5. The number of carbonyl (C=O) groups is 1. The van der Waals surface area contributed by atoms with E-state index in [1.807, 2.05) is 24.3 Å². The third kappa shape index (κ3) is 4.33. The Hall–Kier alpha value is -4.25. The van der Waals surface area contributed by atoms with Crippen molar-refractivity contribution in [1.82, 2.24) is 19.9 Å². The van der Waals surface area contributed by atoms with Crippen molar-refractivity contribution >= 4 is 45.8 Å². The molecule has 0 saturated heterocycles. The summed E-state index contributed by atoms with van der Waals surface area (Å²) in [7, 11) is 0. The Morgan fingerprint density at radius 1 is 1.06 bits per heavy atom.